The molecule has 2 atom stereocenters. The van der Waals surface area contributed by atoms with Crippen molar-refractivity contribution in [2.75, 3.05) is 13.7 Å². The highest BCUT2D eigenvalue weighted by Gasteiger charge is 2.37. The fraction of sp³-hybridized carbons (Fsp3) is 0.438. The molecule has 1 saturated heterocycles. The smallest absolute Gasteiger partial charge is 0.244 e. The zero-order valence-electron chi connectivity index (χ0n) is 13.4. The van der Waals surface area contributed by atoms with E-state index in [1.807, 2.05) is 0 Å². The van der Waals surface area contributed by atoms with E-state index in [-0.39, 0.29) is 18.0 Å². The Labute approximate surface area is 137 Å². The number of likely N-dealkylation sites (tertiary alicyclic amines) is 1. The average molecular weight is 332 g/mol. The van der Waals surface area contributed by atoms with Crippen LogP contribution in [0.25, 0.3) is 11.1 Å². The molecule has 8 heteroatoms. The van der Waals surface area contributed by atoms with Gasteiger partial charge >= 0.3 is 0 Å². The van der Waals surface area contributed by atoms with Crippen molar-refractivity contribution in [2.45, 2.75) is 32.0 Å². The summed E-state index contributed by atoms with van der Waals surface area (Å²) in [4.78, 5) is 10.8. The molecule has 0 bridgehead atoms. The molecule has 3 aromatic rings. The van der Waals surface area contributed by atoms with Crippen molar-refractivity contribution >= 4 is 11.1 Å². The van der Waals surface area contributed by atoms with Gasteiger partial charge in [-0.3, -0.25) is 4.90 Å². The summed E-state index contributed by atoms with van der Waals surface area (Å²) in [5, 5.41) is 3.86. The summed E-state index contributed by atoms with van der Waals surface area (Å²) in [6.45, 7) is 2.95. The lowest BCUT2D eigenvalue weighted by atomic mass is 10.2. The van der Waals surface area contributed by atoms with Crippen LogP contribution in [0.2, 0.25) is 0 Å². The maximum atomic E-state index is 13.3. The third-order valence-electron chi connectivity index (χ3n) is 4.26. The second-order valence-electron chi connectivity index (χ2n) is 5.94. The van der Waals surface area contributed by atoms with Gasteiger partial charge in [-0.05, 0) is 25.5 Å². The fourth-order valence-corrected chi connectivity index (χ4v) is 3.10. The Balaban J connectivity index is 1.60. The molecular weight excluding hydrogens is 315 g/mol. The van der Waals surface area contributed by atoms with Crippen LogP contribution in [0.3, 0.4) is 0 Å². The Bertz CT molecular complexity index is 862. The Morgan fingerprint density at radius 3 is 3.00 bits per heavy atom. The Morgan fingerprint density at radius 1 is 1.38 bits per heavy atom. The highest BCUT2D eigenvalue weighted by atomic mass is 19.1. The van der Waals surface area contributed by atoms with Gasteiger partial charge in [-0.2, -0.15) is 4.98 Å². The van der Waals surface area contributed by atoms with Crippen LogP contribution in [0.5, 0.6) is 0 Å². The van der Waals surface area contributed by atoms with Gasteiger partial charge in [0, 0.05) is 19.7 Å². The molecule has 0 spiro atoms. The summed E-state index contributed by atoms with van der Waals surface area (Å²) >= 11 is 0. The van der Waals surface area contributed by atoms with E-state index in [1.165, 1.54) is 12.1 Å². The van der Waals surface area contributed by atoms with Crippen LogP contribution in [0, 0.1) is 12.7 Å². The number of aromatic nitrogens is 3. The number of rotatable bonds is 4. The number of halogens is 1. The lowest BCUT2D eigenvalue weighted by Gasteiger charge is -2.19. The minimum absolute atomic E-state index is 0.0529. The first-order chi connectivity index (χ1) is 11.6. The van der Waals surface area contributed by atoms with E-state index >= 15 is 0 Å². The van der Waals surface area contributed by atoms with Gasteiger partial charge in [0.25, 0.3) is 0 Å². The van der Waals surface area contributed by atoms with Crippen LogP contribution in [0.4, 0.5) is 4.39 Å². The molecular formula is C16H17FN4O3. The first-order valence-electron chi connectivity index (χ1n) is 7.74. The van der Waals surface area contributed by atoms with Crippen molar-refractivity contribution in [2.24, 2.45) is 0 Å². The van der Waals surface area contributed by atoms with Gasteiger partial charge in [0.1, 0.15) is 11.3 Å². The molecule has 0 radical (unpaired) electrons. The summed E-state index contributed by atoms with van der Waals surface area (Å²) in [6, 6.07) is 4.26. The van der Waals surface area contributed by atoms with Gasteiger partial charge in [-0.25, -0.2) is 9.37 Å². The monoisotopic (exact) mass is 332 g/mol. The van der Waals surface area contributed by atoms with Crippen LogP contribution in [-0.2, 0) is 11.3 Å². The van der Waals surface area contributed by atoms with Crippen LogP contribution < -0.4 is 0 Å². The molecule has 2 aromatic heterocycles. The number of benzene rings is 1. The molecule has 7 nitrogen and oxygen atoms in total. The molecule has 0 N–H and O–H groups in total. The number of nitrogens with zero attached hydrogens (tertiary/aromatic N) is 4. The zero-order chi connectivity index (χ0) is 16.7. The van der Waals surface area contributed by atoms with Crippen LogP contribution >= 0.6 is 0 Å². The topological polar surface area (TPSA) is 77.4 Å². The Kier molecular flexibility index (Phi) is 3.78. The minimum atomic E-state index is -0.331. The highest BCUT2D eigenvalue weighted by molar-refractivity contribution is 5.72. The van der Waals surface area contributed by atoms with Crippen molar-refractivity contribution in [3.63, 3.8) is 0 Å². The van der Waals surface area contributed by atoms with Gasteiger partial charge in [0.05, 0.1) is 18.7 Å². The van der Waals surface area contributed by atoms with Gasteiger partial charge in [0.15, 0.2) is 11.4 Å². The second-order valence-corrected chi connectivity index (χ2v) is 5.94. The number of hydrogen-bond acceptors (Lipinski definition) is 7. The molecule has 0 amide bonds. The van der Waals surface area contributed by atoms with E-state index in [0.29, 0.717) is 41.8 Å². The quantitative estimate of drug-likeness (QED) is 0.727. The number of fused-ring (bicyclic) bond motifs is 1. The molecule has 0 saturated carbocycles. The van der Waals surface area contributed by atoms with E-state index < -0.39 is 0 Å². The van der Waals surface area contributed by atoms with Crippen molar-refractivity contribution in [3.05, 3.63) is 41.6 Å². The van der Waals surface area contributed by atoms with E-state index in [4.69, 9.17) is 13.7 Å². The molecule has 126 valence electrons. The van der Waals surface area contributed by atoms with Gasteiger partial charge in [0.2, 0.25) is 11.8 Å². The van der Waals surface area contributed by atoms with E-state index in [9.17, 15) is 4.39 Å². The number of aryl methyl sites for hydroxylation is 1. The van der Waals surface area contributed by atoms with Crippen molar-refractivity contribution < 1.29 is 18.1 Å². The lowest BCUT2D eigenvalue weighted by molar-refractivity contribution is 0.106. The Morgan fingerprint density at radius 2 is 2.25 bits per heavy atom. The predicted molar refractivity (Wildman–Crippen MR) is 81.6 cm³/mol. The van der Waals surface area contributed by atoms with Crippen molar-refractivity contribution in [1.29, 1.82) is 0 Å². The third-order valence-corrected chi connectivity index (χ3v) is 4.26. The second kappa shape index (κ2) is 5.95. The summed E-state index contributed by atoms with van der Waals surface area (Å²) < 4.78 is 29.8. The zero-order valence-corrected chi connectivity index (χ0v) is 13.4. The number of ether oxygens (including phenoxy) is 1. The largest absolute Gasteiger partial charge is 0.439 e. The van der Waals surface area contributed by atoms with Gasteiger partial charge < -0.3 is 13.7 Å². The average Bonchev–Trinajstić information content (AvgIpc) is 3.25. The molecule has 0 aliphatic carbocycles. The van der Waals surface area contributed by atoms with Crippen LogP contribution in [0.1, 0.15) is 30.1 Å². The number of hydrogen-bond donors (Lipinski definition) is 0. The standard InChI is InChI=1S/C16H17FN4O3/c1-9-18-16(24-20-9)13-6-11(22-2)7-21(13)8-15-19-12-5-10(17)3-4-14(12)23-15/h3-5,11,13H,6-8H2,1-2H3/t11-,13-/m1/s1. The van der Waals surface area contributed by atoms with Crippen molar-refractivity contribution in [1.82, 2.24) is 20.0 Å². The highest BCUT2D eigenvalue weighted by Crippen LogP contribution is 2.34. The third kappa shape index (κ3) is 2.78. The van der Waals surface area contributed by atoms with Crippen molar-refractivity contribution in [3.8, 4) is 0 Å². The molecule has 4 rings (SSSR count). The molecule has 0 unspecified atom stereocenters. The predicted octanol–water partition coefficient (Wildman–Crippen LogP) is 2.62. The molecule has 1 aromatic carbocycles. The number of methoxy groups -OCH3 is 1. The van der Waals surface area contributed by atoms with Crippen LogP contribution in [0.15, 0.2) is 27.1 Å². The Hall–Kier alpha value is -2.32. The molecule has 3 heterocycles. The van der Waals surface area contributed by atoms with E-state index in [2.05, 4.69) is 20.0 Å². The maximum absolute atomic E-state index is 13.3. The fourth-order valence-electron chi connectivity index (χ4n) is 3.10. The van der Waals surface area contributed by atoms with E-state index in [0.717, 1.165) is 6.42 Å². The number of oxazole rings is 1. The van der Waals surface area contributed by atoms with Crippen LogP contribution in [-0.4, -0.2) is 39.8 Å². The summed E-state index contributed by atoms with van der Waals surface area (Å²) in [5.74, 6) is 1.35. The van der Waals surface area contributed by atoms with Gasteiger partial charge in [-0.15, -0.1) is 0 Å². The first kappa shape index (κ1) is 15.2. The first-order valence-corrected chi connectivity index (χ1v) is 7.74. The normalized spacial score (nSPS) is 21.8. The maximum Gasteiger partial charge on any atom is 0.244 e. The summed E-state index contributed by atoms with van der Waals surface area (Å²) in [5.41, 5.74) is 1.08. The summed E-state index contributed by atoms with van der Waals surface area (Å²) in [7, 11) is 1.69. The minimum Gasteiger partial charge on any atom is -0.439 e. The summed E-state index contributed by atoms with van der Waals surface area (Å²) in [6.07, 6.45) is 0.830. The molecule has 24 heavy (non-hydrogen) atoms. The molecule has 1 aliphatic rings. The molecule has 1 fully saturated rings. The molecule has 1 aliphatic heterocycles. The van der Waals surface area contributed by atoms with Gasteiger partial charge in [-0.1, -0.05) is 5.16 Å². The lowest BCUT2D eigenvalue weighted by Crippen LogP contribution is -2.25. The van der Waals surface area contributed by atoms with E-state index in [1.54, 1.807) is 20.1 Å². The SMILES string of the molecule is CO[C@@H]1C[C@H](c2nc(C)no2)N(Cc2nc3cc(F)ccc3o2)C1.